The van der Waals surface area contributed by atoms with E-state index in [1.165, 1.54) is 0 Å². The molecule has 0 aromatic rings. The Morgan fingerprint density at radius 1 is 1.44 bits per heavy atom. The van der Waals surface area contributed by atoms with E-state index >= 15 is 0 Å². The summed E-state index contributed by atoms with van der Waals surface area (Å²) in [6, 6.07) is -0.558. The van der Waals surface area contributed by atoms with Crippen LogP contribution >= 0.6 is 0 Å². The van der Waals surface area contributed by atoms with E-state index < -0.39 is 23.4 Å². The van der Waals surface area contributed by atoms with Crippen molar-refractivity contribution in [3.05, 3.63) is 0 Å². The zero-order chi connectivity index (χ0) is 13.8. The average molecular weight is 257 g/mol. The number of hydrogen-bond donors (Lipinski definition) is 3. The van der Waals surface area contributed by atoms with Crippen LogP contribution in [-0.2, 0) is 9.59 Å². The van der Waals surface area contributed by atoms with Gasteiger partial charge in [0.15, 0.2) is 0 Å². The van der Waals surface area contributed by atoms with E-state index in [1.807, 2.05) is 13.8 Å². The molecule has 0 spiro atoms. The molecule has 7 nitrogen and oxygen atoms in total. The summed E-state index contributed by atoms with van der Waals surface area (Å²) < 4.78 is 0. The van der Waals surface area contributed by atoms with Crippen molar-refractivity contribution in [3.63, 3.8) is 0 Å². The van der Waals surface area contributed by atoms with Crippen molar-refractivity contribution < 1.29 is 19.5 Å². The van der Waals surface area contributed by atoms with Crippen LogP contribution in [0.3, 0.4) is 0 Å². The lowest BCUT2D eigenvalue weighted by atomic mass is 9.94. The van der Waals surface area contributed by atoms with Crippen molar-refractivity contribution in [3.8, 4) is 0 Å². The van der Waals surface area contributed by atoms with E-state index in [9.17, 15) is 19.5 Å². The van der Waals surface area contributed by atoms with Crippen LogP contribution in [-0.4, -0.2) is 53.1 Å². The highest BCUT2D eigenvalue weighted by Gasteiger charge is 2.33. The molecule has 0 aromatic heterocycles. The van der Waals surface area contributed by atoms with E-state index in [-0.39, 0.29) is 19.7 Å². The summed E-state index contributed by atoms with van der Waals surface area (Å²) in [5.41, 5.74) is -0.684. The highest BCUT2D eigenvalue weighted by Crippen LogP contribution is 2.14. The monoisotopic (exact) mass is 257 g/mol. The minimum atomic E-state index is -0.684. The number of aliphatic hydroxyl groups is 1. The summed E-state index contributed by atoms with van der Waals surface area (Å²) in [6.45, 7) is 3.15. The van der Waals surface area contributed by atoms with Crippen LogP contribution in [0.2, 0.25) is 0 Å². The van der Waals surface area contributed by atoms with E-state index in [0.717, 1.165) is 4.90 Å². The molecule has 7 heteroatoms. The third-order valence-corrected chi connectivity index (χ3v) is 3.30. The molecular formula is C11H19N3O4. The quantitative estimate of drug-likeness (QED) is 0.543. The molecule has 1 rings (SSSR count). The van der Waals surface area contributed by atoms with Gasteiger partial charge < -0.3 is 15.7 Å². The van der Waals surface area contributed by atoms with E-state index in [0.29, 0.717) is 12.8 Å². The van der Waals surface area contributed by atoms with Gasteiger partial charge in [0.2, 0.25) is 5.91 Å². The maximum atomic E-state index is 11.8. The van der Waals surface area contributed by atoms with Gasteiger partial charge in [0, 0.05) is 0 Å². The van der Waals surface area contributed by atoms with E-state index in [1.54, 1.807) is 0 Å². The molecule has 0 aliphatic carbocycles. The molecule has 0 saturated carbocycles. The van der Waals surface area contributed by atoms with Gasteiger partial charge in [-0.1, -0.05) is 13.8 Å². The Hall–Kier alpha value is -1.63. The predicted octanol–water partition coefficient (Wildman–Crippen LogP) is -0.794. The lowest BCUT2D eigenvalue weighted by Crippen LogP contribution is -2.53. The Morgan fingerprint density at radius 2 is 2.06 bits per heavy atom. The summed E-state index contributed by atoms with van der Waals surface area (Å²) in [7, 11) is 0. The number of carbonyl (C=O) groups excluding carboxylic acids is 3. The Morgan fingerprint density at radius 3 is 2.44 bits per heavy atom. The normalized spacial score (nSPS) is 15.8. The number of rotatable bonds is 6. The van der Waals surface area contributed by atoms with Crippen molar-refractivity contribution in [2.75, 3.05) is 19.7 Å². The van der Waals surface area contributed by atoms with Crippen molar-refractivity contribution in [1.82, 2.24) is 15.5 Å². The highest BCUT2D eigenvalue weighted by atomic mass is 16.3. The van der Waals surface area contributed by atoms with Crippen molar-refractivity contribution in [1.29, 1.82) is 0 Å². The van der Waals surface area contributed by atoms with Gasteiger partial charge in [0.05, 0.1) is 18.7 Å². The van der Waals surface area contributed by atoms with Gasteiger partial charge in [-0.3, -0.25) is 14.5 Å². The first-order valence-electron chi connectivity index (χ1n) is 5.98. The molecule has 102 valence electrons. The van der Waals surface area contributed by atoms with E-state index in [2.05, 4.69) is 10.6 Å². The molecule has 1 saturated heterocycles. The fourth-order valence-corrected chi connectivity index (χ4v) is 1.78. The van der Waals surface area contributed by atoms with Crippen LogP contribution in [0.5, 0.6) is 0 Å². The standard InChI is InChI=1S/C11H19N3O4/c1-3-11(4-2,7-15)13-8(16)6-14-9(17)5-12-10(14)18/h15H,3-7H2,1-2H3,(H,12,18)(H,13,16). The first-order valence-corrected chi connectivity index (χ1v) is 5.98. The van der Waals surface area contributed by atoms with Crippen LogP contribution in [0.1, 0.15) is 26.7 Å². The summed E-state index contributed by atoms with van der Waals surface area (Å²) in [5, 5.41) is 14.3. The van der Waals surface area contributed by atoms with E-state index in [4.69, 9.17) is 0 Å². The molecule has 3 N–H and O–H groups in total. The van der Waals surface area contributed by atoms with Crippen molar-refractivity contribution >= 4 is 17.8 Å². The molecule has 1 aliphatic heterocycles. The second kappa shape index (κ2) is 5.81. The average Bonchev–Trinajstić information content (AvgIpc) is 2.68. The highest BCUT2D eigenvalue weighted by molar-refractivity contribution is 6.04. The number of nitrogens with one attached hydrogen (secondary N) is 2. The second-order valence-electron chi connectivity index (χ2n) is 4.33. The van der Waals surface area contributed by atoms with Gasteiger partial charge in [-0.25, -0.2) is 4.79 Å². The third kappa shape index (κ3) is 2.98. The maximum absolute atomic E-state index is 11.8. The summed E-state index contributed by atoms with van der Waals surface area (Å²) in [5.74, 6) is -0.865. The molecule has 4 amide bonds. The zero-order valence-electron chi connectivity index (χ0n) is 10.7. The summed E-state index contributed by atoms with van der Waals surface area (Å²) >= 11 is 0. The number of carbonyl (C=O) groups is 3. The second-order valence-corrected chi connectivity index (χ2v) is 4.33. The van der Waals surface area contributed by atoms with Crippen molar-refractivity contribution in [2.45, 2.75) is 32.2 Å². The van der Waals surface area contributed by atoms with Crippen molar-refractivity contribution in [2.24, 2.45) is 0 Å². The summed E-state index contributed by atoms with van der Waals surface area (Å²) in [4.78, 5) is 35.2. The number of aliphatic hydroxyl groups excluding tert-OH is 1. The fourth-order valence-electron chi connectivity index (χ4n) is 1.78. The third-order valence-electron chi connectivity index (χ3n) is 3.30. The number of imide groups is 1. The maximum Gasteiger partial charge on any atom is 0.325 e. The molecule has 0 radical (unpaired) electrons. The molecule has 1 heterocycles. The van der Waals surface area contributed by atoms with Crippen LogP contribution in [0.4, 0.5) is 4.79 Å². The van der Waals surface area contributed by atoms with Gasteiger partial charge in [0.25, 0.3) is 5.91 Å². The minimum absolute atomic E-state index is 0.0706. The molecule has 0 aromatic carbocycles. The van der Waals surface area contributed by atoms with Crippen LogP contribution in [0.15, 0.2) is 0 Å². The lowest BCUT2D eigenvalue weighted by Gasteiger charge is -2.31. The van der Waals surface area contributed by atoms with Crippen LogP contribution in [0, 0.1) is 0 Å². The lowest BCUT2D eigenvalue weighted by molar-refractivity contribution is -0.131. The molecule has 1 aliphatic rings. The molecular weight excluding hydrogens is 238 g/mol. The Balaban J connectivity index is 2.60. The molecule has 1 fully saturated rings. The Bertz CT molecular complexity index is 328. The topological polar surface area (TPSA) is 98.7 Å². The smallest absolute Gasteiger partial charge is 0.325 e. The number of hydrogen-bond acceptors (Lipinski definition) is 4. The number of urea groups is 1. The zero-order valence-corrected chi connectivity index (χ0v) is 10.7. The van der Waals surface area contributed by atoms with Crippen LogP contribution in [0.25, 0.3) is 0 Å². The first-order chi connectivity index (χ1) is 8.48. The van der Waals surface area contributed by atoms with Gasteiger partial charge >= 0.3 is 6.03 Å². The van der Waals surface area contributed by atoms with Gasteiger partial charge in [-0.05, 0) is 12.8 Å². The van der Waals surface area contributed by atoms with Gasteiger partial charge in [-0.15, -0.1) is 0 Å². The predicted molar refractivity (Wildman–Crippen MR) is 63.7 cm³/mol. The van der Waals surface area contributed by atoms with Gasteiger partial charge in [-0.2, -0.15) is 0 Å². The molecule has 0 unspecified atom stereocenters. The number of amides is 4. The Labute approximate surface area is 106 Å². The van der Waals surface area contributed by atoms with Gasteiger partial charge in [0.1, 0.15) is 6.54 Å². The molecule has 0 bridgehead atoms. The summed E-state index contributed by atoms with van der Waals surface area (Å²) in [6.07, 6.45) is 1.15. The Kier molecular flexibility index (Phi) is 4.66. The SMILES string of the molecule is CCC(CC)(CO)NC(=O)CN1C(=O)CNC1=O. The fraction of sp³-hybridized carbons (Fsp3) is 0.727. The number of nitrogens with zero attached hydrogens (tertiary/aromatic N) is 1. The minimum Gasteiger partial charge on any atom is -0.394 e. The molecule has 18 heavy (non-hydrogen) atoms. The molecule has 0 atom stereocenters. The van der Waals surface area contributed by atoms with Crippen LogP contribution < -0.4 is 10.6 Å². The largest absolute Gasteiger partial charge is 0.394 e. The first kappa shape index (κ1) is 14.4.